The average Bonchev–Trinajstić information content (AvgIpc) is 1.85. The quantitative estimate of drug-likeness (QED) is 0.553. The molecule has 0 atom stereocenters. The molecule has 50 valence electrons. The average molecular weight is 124 g/mol. The van der Waals surface area contributed by atoms with E-state index in [1.54, 1.807) is 18.5 Å². The van der Waals surface area contributed by atoms with Crippen LogP contribution >= 0.6 is 0 Å². The van der Waals surface area contributed by atoms with Crippen molar-refractivity contribution in [1.82, 2.24) is 5.32 Å². The van der Waals surface area contributed by atoms with Crippen molar-refractivity contribution < 1.29 is 0 Å². The molecular formula is C7H12N2. The Balaban J connectivity index is 3.68. The molecule has 3 N–H and O–H groups in total. The minimum Gasteiger partial charge on any atom is -0.398 e. The first-order valence-electron chi connectivity index (χ1n) is 2.76. The van der Waals surface area contributed by atoms with Crippen molar-refractivity contribution in [2.24, 2.45) is 5.73 Å². The fourth-order valence-corrected chi connectivity index (χ4v) is 0.396. The standard InChI is InChI=1S/C7H12N2/c1-3-5-7(8)6-9-4-2/h3-6,9H,2,8H2,1H3/b5-3-,7-6+. The SMILES string of the molecule is C=CN/C=C(N)\C=C/C. The van der Waals surface area contributed by atoms with Gasteiger partial charge in [0, 0.05) is 11.9 Å². The lowest BCUT2D eigenvalue weighted by Gasteiger charge is -1.90. The molecular weight excluding hydrogens is 112 g/mol. The molecule has 0 spiro atoms. The number of rotatable bonds is 3. The van der Waals surface area contributed by atoms with Gasteiger partial charge < -0.3 is 11.1 Å². The molecule has 2 heteroatoms. The molecule has 0 unspecified atom stereocenters. The van der Waals surface area contributed by atoms with Crippen LogP contribution in [0.25, 0.3) is 0 Å². The Labute approximate surface area is 55.7 Å². The van der Waals surface area contributed by atoms with Gasteiger partial charge >= 0.3 is 0 Å². The Kier molecular flexibility index (Phi) is 4.32. The normalized spacial score (nSPS) is 11.9. The van der Waals surface area contributed by atoms with Crippen LogP contribution in [0.2, 0.25) is 0 Å². The maximum atomic E-state index is 5.43. The van der Waals surface area contributed by atoms with Gasteiger partial charge in [0.25, 0.3) is 0 Å². The van der Waals surface area contributed by atoms with Crippen LogP contribution in [0.4, 0.5) is 0 Å². The first-order valence-corrected chi connectivity index (χ1v) is 2.76. The van der Waals surface area contributed by atoms with Gasteiger partial charge in [0.1, 0.15) is 0 Å². The zero-order valence-electron chi connectivity index (χ0n) is 5.59. The fraction of sp³-hybridized carbons (Fsp3) is 0.143. The Bertz CT molecular complexity index is 134. The van der Waals surface area contributed by atoms with Crippen LogP contribution in [0, 0.1) is 0 Å². The summed E-state index contributed by atoms with van der Waals surface area (Å²) in [5.41, 5.74) is 6.13. The minimum atomic E-state index is 0.692. The number of allylic oxidation sites excluding steroid dienone is 2. The number of nitrogens with one attached hydrogen (secondary N) is 1. The predicted octanol–water partition coefficient (Wildman–Crippen LogP) is 1.10. The lowest BCUT2D eigenvalue weighted by Crippen LogP contribution is -2.00. The van der Waals surface area contributed by atoms with Crippen molar-refractivity contribution in [2.75, 3.05) is 0 Å². The van der Waals surface area contributed by atoms with Crippen LogP contribution < -0.4 is 11.1 Å². The molecule has 0 aliphatic heterocycles. The Morgan fingerprint density at radius 2 is 2.33 bits per heavy atom. The summed E-state index contributed by atoms with van der Waals surface area (Å²) >= 11 is 0. The van der Waals surface area contributed by atoms with Gasteiger partial charge in [-0.05, 0) is 19.2 Å². The summed E-state index contributed by atoms with van der Waals surface area (Å²) in [6, 6.07) is 0. The van der Waals surface area contributed by atoms with Gasteiger partial charge in [-0.3, -0.25) is 0 Å². The summed E-state index contributed by atoms with van der Waals surface area (Å²) in [7, 11) is 0. The second-order valence-electron chi connectivity index (χ2n) is 1.52. The van der Waals surface area contributed by atoms with Gasteiger partial charge in [-0.15, -0.1) is 0 Å². The zero-order chi connectivity index (χ0) is 7.11. The van der Waals surface area contributed by atoms with Gasteiger partial charge in [0.15, 0.2) is 0 Å². The van der Waals surface area contributed by atoms with E-state index >= 15 is 0 Å². The molecule has 0 heterocycles. The van der Waals surface area contributed by atoms with Gasteiger partial charge in [0.05, 0.1) is 0 Å². The molecule has 0 bridgehead atoms. The van der Waals surface area contributed by atoms with Crippen molar-refractivity contribution in [2.45, 2.75) is 6.92 Å². The van der Waals surface area contributed by atoms with E-state index in [0.29, 0.717) is 5.70 Å². The lowest BCUT2D eigenvalue weighted by molar-refractivity contribution is 1.16. The largest absolute Gasteiger partial charge is 0.398 e. The highest BCUT2D eigenvalue weighted by Gasteiger charge is 1.74. The maximum absolute atomic E-state index is 5.43. The van der Waals surface area contributed by atoms with Crippen LogP contribution in [0.1, 0.15) is 6.92 Å². The highest BCUT2D eigenvalue weighted by molar-refractivity contribution is 5.13. The van der Waals surface area contributed by atoms with E-state index < -0.39 is 0 Å². The fourth-order valence-electron chi connectivity index (χ4n) is 0.396. The van der Waals surface area contributed by atoms with Crippen LogP contribution in [0.3, 0.4) is 0 Å². The van der Waals surface area contributed by atoms with E-state index in [0.717, 1.165) is 0 Å². The summed E-state index contributed by atoms with van der Waals surface area (Å²) in [6.07, 6.45) is 6.91. The van der Waals surface area contributed by atoms with Crippen LogP contribution in [0.15, 0.2) is 36.8 Å². The summed E-state index contributed by atoms with van der Waals surface area (Å²) in [5, 5.41) is 2.76. The van der Waals surface area contributed by atoms with Crippen molar-refractivity contribution >= 4 is 0 Å². The summed E-state index contributed by atoms with van der Waals surface area (Å²) in [6.45, 7) is 5.37. The van der Waals surface area contributed by atoms with E-state index in [9.17, 15) is 0 Å². The van der Waals surface area contributed by atoms with Gasteiger partial charge in [0.2, 0.25) is 0 Å². The Morgan fingerprint density at radius 1 is 1.67 bits per heavy atom. The summed E-state index contributed by atoms with van der Waals surface area (Å²) < 4.78 is 0. The smallest absolute Gasteiger partial charge is 0.0473 e. The third-order valence-corrected chi connectivity index (χ3v) is 0.727. The Morgan fingerprint density at radius 3 is 2.78 bits per heavy atom. The van der Waals surface area contributed by atoms with Gasteiger partial charge in [-0.25, -0.2) is 0 Å². The Hall–Kier alpha value is -1.18. The van der Waals surface area contributed by atoms with Crippen molar-refractivity contribution in [3.63, 3.8) is 0 Å². The summed E-state index contributed by atoms with van der Waals surface area (Å²) in [4.78, 5) is 0. The molecule has 0 aromatic carbocycles. The van der Waals surface area contributed by atoms with Crippen molar-refractivity contribution in [1.29, 1.82) is 0 Å². The highest BCUT2D eigenvalue weighted by Crippen LogP contribution is 1.81. The minimum absolute atomic E-state index is 0.692. The van der Waals surface area contributed by atoms with E-state index in [1.165, 1.54) is 0 Å². The first-order chi connectivity index (χ1) is 4.31. The van der Waals surface area contributed by atoms with Gasteiger partial charge in [-0.1, -0.05) is 12.7 Å². The molecule has 0 saturated heterocycles. The lowest BCUT2D eigenvalue weighted by atomic mass is 10.4. The van der Waals surface area contributed by atoms with Crippen LogP contribution in [-0.4, -0.2) is 0 Å². The number of hydrogen-bond acceptors (Lipinski definition) is 2. The third-order valence-electron chi connectivity index (χ3n) is 0.727. The number of nitrogens with two attached hydrogens (primary N) is 1. The molecule has 2 nitrogen and oxygen atoms in total. The van der Waals surface area contributed by atoms with Crippen LogP contribution in [0.5, 0.6) is 0 Å². The van der Waals surface area contributed by atoms with E-state index in [4.69, 9.17) is 5.73 Å². The second-order valence-corrected chi connectivity index (χ2v) is 1.52. The van der Waals surface area contributed by atoms with Crippen molar-refractivity contribution in [3.8, 4) is 0 Å². The van der Waals surface area contributed by atoms with Crippen LogP contribution in [-0.2, 0) is 0 Å². The number of hydrogen-bond donors (Lipinski definition) is 2. The second kappa shape index (κ2) is 4.97. The first kappa shape index (κ1) is 7.82. The monoisotopic (exact) mass is 124 g/mol. The topological polar surface area (TPSA) is 38.0 Å². The maximum Gasteiger partial charge on any atom is 0.0473 e. The zero-order valence-corrected chi connectivity index (χ0v) is 5.59. The molecule has 0 aliphatic rings. The van der Waals surface area contributed by atoms with E-state index in [-0.39, 0.29) is 0 Å². The van der Waals surface area contributed by atoms with E-state index in [1.807, 2.05) is 13.0 Å². The molecule has 0 rings (SSSR count). The molecule has 0 aromatic heterocycles. The molecule has 0 fully saturated rings. The van der Waals surface area contributed by atoms with Crippen molar-refractivity contribution in [3.05, 3.63) is 36.8 Å². The molecule has 0 radical (unpaired) electrons. The third kappa shape index (κ3) is 4.68. The highest BCUT2D eigenvalue weighted by atomic mass is 14.8. The molecule has 0 amide bonds. The molecule has 0 saturated carbocycles. The molecule has 0 aliphatic carbocycles. The van der Waals surface area contributed by atoms with Gasteiger partial charge in [-0.2, -0.15) is 0 Å². The molecule has 0 aromatic rings. The predicted molar refractivity (Wildman–Crippen MR) is 40.4 cm³/mol. The molecule has 9 heavy (non-hydrogen) atoms. The summed E-state index contributed by atoms with van der Waals surface area (Å²) in [5.74, 6) is 0. The van der Waals surface area contributed by atoms with E-state index in [2.05, 4.69) is 11.9 Å².